The second-order valence-corrected chi connectivity index (χ2v) is 3.72. The molecular weight excluding hydrogens is 166 g/mol. The van der Waals surface area contributed by atoms with Crippen molar-refractivity contribution in [1.29, 1.82) is 5.26 Å². The molecule has 0 bridgehead atoms. The molecule has 1 amide bonds. The maximum Gasteiger partial charge on any atom is 0.219 e. The number of carbonyl (C=O) groups is 1. The van der Waals surface area contributed by atoms with Gasteiger partial charge in [0.05, 0.1) is 6.07 Å². The fourth-order valence-electron chi connectivity index (χ4n) is 1.09. The molecule has 13 heavy (non-hydrogen) atoms. The number of nitrogens with two attached hydrogens (primary N) is 1. The van der Waals surface area contributed by atoms with Crippen molar-refractivity contribution in [1.82, 2.24) is 5.32 Å². The van der Waals surface area contributed by atoms with Gasteiger partial charge in [0.25, 0.3) is 0 Å². The Bertz CT molecular complexity index is 205. The van der Waals surface area contributed by atoms with Crippen LogP contribution >= 0.6 is 0 Å². The first-order valence-corrected chi connectivity index (χ1v) is 4.38. The average Bonchev–Trinajstić information content (AvgIpc) is 1.95. The van der Waals surface area contributed by atoms with Crippen LogP contribution in [-0.2, 0) is 4.79 Å². The molecule has 0 spiro atoms. The molecular formula is C9H17N3O. The number of amides is 1. The third-order valence-corrected chi connectivity index (χ3v) is 1.69. The molecule has 0 radical (unpaired) electrons. The third kappa shape index (κ3) is 7.29. The molecule has 0 heterocycles. The van der Waals surface area contributed by atoms with Gasteiger partial charge in [0, 0.05) is 18.4 Å². The zero-order chi connectivity index (χ0) is 10.3. The number of nitrogens with zero attached hydrogens (tertiary/aromatic N) is 1. The molecule has 4 heteroatoms. The topological polar surface area (TPSA) is 78.9 Å². The third-order valence-electron chi connectivity index (χ3n) is 1.69. The summed E-state index contributed by atoms with van der Waals surface area (Å²) in [5.74, 6) is -0.308. The molecule has 0 unspecified atom stereocenters. The van der Waals surface area contributed by atoms with Gasteiger partial charge in [-0.1, -0.05) is 0 Å². The van der Waals surface area contributed by atoms with E-state index in [0.29, 0.717) is 12.8 Å². The van der Waals surface area contributed by atoms with Crippen LogP contribution in [0.1, 0.15) is 33.1 Å². The molecule has 0 saturated heterocycles. The van der Waals surface area contributed by atoms with Crippen molar-refractivity contribution in [3.63, 3.8) is 0 Å². The van der Waals surface area contributed by atoms with Crippen LogP contribution in [0.15, 0.2) is 0 Å². The molecule has 0 aromatic carbocycles. The molecule has 0 aromatic rings. The molecule has 0 aliphatic rings. The lowest BCUT2D eigenvalue weighted by Gasteiger charge is -2.24. The van der Waals surface area contributed by atoms with Crippen molar-refractivity contribution >= 4 is 5.91 Å². The van der Waals surface area contributed by atoms with Gasteiger partial charge in [-0.25, -0.2) is 0 Å². The Balaban J connectivity index is 3.64. The first kappa shape index (κ1) is 11.9. The van der Waals surface area contributed by atoms with Crippen LogP contribution in [0.3, 0.4) is 0 Å². The first-order chi connectivity index (χ1) is 5.98. The van der Waals surface area contributed by atoms with E-state index >= 15 is 0 Å². The van der Waals surface area contributed by atoms with Gasteiger partial charge in [-0.15, -0.1) is 0 Å². The molecule has 4 nitrogen and oxygen atoms in total. The Hall–Kier alpha value is -1.08. The Morgan fingerprint density at radius 1 is 1.62 bits per heavy atom. The Kier molecular flexibility index (Phi) is 5.09. The van der Waals surface area contributed by atoms with Gasteiger partial charge >= 0.3 is 0 Å². The minimum atomic E-state index is -0.308. The fraction of sp³-hybridized carbons (Fsp3) is 0.778. The van der Waals surface area contributed by atoms with E-state index in [1.165, 1.54) is 0 Å². The molecule has 0 fully saturated rings. The summed E-state index contributed by atoms with van der Waals surface area (Å²) in [4.78, 5) is 10.6. The highest BCUT2D eigenvalue weighted by atomic mass is 16.1. The van der Waals surface area contributed by atoms with Crippen molar-refractivity contribution in [2.75, 3.05) is 6.54 Å². The van der Waals surface area contributed by atoms with Crippen LogP contribution in [0.25, 0.3) is 0 Å². The summed E-state index contributed by atoms with van der Waals surface area (Å²) in [6.07, 6.45) is 1.66. The molecule has 0 saturated carbocycles. The summed E-state index contributed by atoms with van der Waals surface area (Å²) in [6, 6.07) is 2.06. The summed E-state index contributed by atoms with van der Waals surface area (Å²) in [6.45, 7) is 4.59. The summed E-state index contributed by atoms with van der Waals surface area (Å²) < 4.78 is 0. The number of hydrogen-bond acceptors (Lipinski definition) is 3. The van der Waals surface area contributed by atoms with Gasteiger partial charge < -0.3 is 11.1 Å². The molecule has 0 aromatic heterocycles. The predicted molar refractivity (Wildman–Crippen MR) is 50.7 cm³/mol. The van der Waals surface area contributed by atoms with Crippen molar-refractivity contribution in [2.45, 2.75) is 38.6 Å². The van der Waals surface area contributed by atoms with Crippen molar-refractivity contribution < 1.29 is 4.79 Å². The second kappa shape index (κ2) is 5.55. The van der Waals surface area contributed by atoms with Crippen molar-refractivity contribution in [2.24, 2.45) is 5.73 Å². The Morgan fingerprint density at radius 2 is 2.23 bits per heavy atom. The normalized spacial score (nSPS) is 10.8. The number of carbonyl (C=O) groups excluding carboxylic acids is 1. The van der Waals surface area contributed by atoms with Gasteiger partial charge in [-0.2, -0.15) is 5.26 Å². The lowest BCUT2D eigenvalue weighted by molar-refractivity contribution is -0.119. The van der Waals surface area contributed by atoms with E-state index in [0.717, 1.165) is 13.0 Å². The highest BCUT2D eigenvalue weighted by Gasteiger charge is 2.18. The van der Waals surface area contributed by atoms with Gasteiger partial charge in [0.1, 0.15) is 0 Å². The van der Waals surface area contributed by atoms with Gasteiger partial charge in [-0.05, 0) is 26.8 Å². The van der Waals surface area contributed by atoms with Crippen molar-refractivity contribution in [3.8, 4) is 6.07 Å². The minimum absolute atomic E-state index is 0.263. The van der Waals surface area contributed by atoms with E-state index in [1.807, 2.05) is 13.8 Å². The number of nitrogens with one attached hydrogen (secondary N) is 1. The van der Waals surface area contributed by atoms with E-state index in [9.17, 15) is 4.79 Å². The lowest BCUT2D eigenvalue weighted by Crippen LogP contribution is -2.43. The van der Waals surface area contributed by atoms with E-state index in [1.54, 1.807) is 0 Å². The molecule has 74 valence electrons. The fourth-order valence-corrected chi connectivity index (χ4v) is 1.09. The number of rotatable bonds is 6. The van der Waals surface area contributed by atoms with E-state index in [-0.39, 0.29) is 11.4 Å². The quantitative estimate of drug-likeness (QED) is 0.590. The number of hydrogen-bond donors (Lipinski definition) is 2. The SMILES string of the molecule is CC(C)(CC(N)=O)NCCCC#N. The predicted octanol–water partition coefficient (Wildman–Crippen LogP) is 0.534. The van der Waals surface area contributed by atoms with E-state index in [2.05, 4.69) is 11.4 Å². The molecule has 3 N–H and O–H groups in total. The Labute approximate surface area is 79.1 Å². The smallest absolute Gasteiger partial charge is 0.219 e. The summed E-state index contributed by atoms with van der Waals surface area (Å²) in [7, 11) is 0. The average molecular weight is 183 g/mol. The summed E-state index contributed by atoms with van der Waals surface area (Å²) >= 11 is 0. The standard InChI is InChI=1S/C9H17N3O/c1-9(2,7-8(11)13)12-6-4-3-5-10/h12H,3-4,6-7H2,1-2H3,(H2,11,13). The highest BCUT2D eigenvalue weighted by molar-refractivity contribution is 5.74. The van der Waals surface area contributed by atoms with E-state index < -0.39 is 0 Å². The van der Waals surface area contributed by atoms with Crippen LogP contribution in [-0.4, -0.2) is 18.0 Å². The molecule has 0 aliphatic heterocycles. The van der Waals surface area contributed by atoms with Crippen LogP contribution in [0, 0.1) is 11.3 Å². The van der Waals surface area contributed by atoms with Gasteiger partial charge in [0.2, 0.25) is 5.91 Å². The van der Waals surface area contributed by atoms with Crippen LogP contribution in [0.5, 0.6) is 0 Å². The highest BCUT2D eigenvalue weighted by Crippen LogP contribution is 2.07. The zero-order valence-electron chi connectivity index (χ0n) is 8.26. The number of nitriles is 1. The molecule has 0 aliphatic carbocycles. The minimum Gasteiger partial charge on any atom is -0.370 e. The van der Waals surface area contributed by atoms with Crippen LogP contribution < -0.4 is 11.1 Å². The monoisotopic (exact) mass is 183 g/mol. The van der Waals surface area contributed by atoms with E-state index in [4.69, 9.17) is 11.0 Å². The van der Waals surface area contributed by atoms with Crippen LogP contribution in [0.4, 0.5) is 0 Å². The van der Waals surface area contributed by atoms with Crippen molar-refractivity contribution in [3.05, 3.63) is 0 Å². The Morgan fingerprint density at radius 3 is 2.69 bits per heavy atom. The number of unbranched alkanes of at least 4 members (excludes halogenated alkanes) is 1. The molecule has 0 rings (SSSR count). The maximum absolute atomic E-state index is 10.6. The second-order valence-electron chi connectivity index (χ2n) is 3.72. The largest absolute Gasteiger partial charge is 0.370 e. The summed E-state index contributed by atoms with van der Waals surface area (Å²) in [5.41, 5.74) is 4.82. The molecule has 0 atom stereocenters. The lowest BCUT2D eigenvalue weighted by atomic mass is 10.0. The first-order valence-electron chi connectivity index (χ1n) is 4.38. The number of primary amides is 1. The van der Waals surface area contributed by atoms with Gasteiger partial charge in [0.15, 0.2) is 0 Å². The maximum atomic E-state index is 10.6. The van der Waals surface area contributed by atoms with Gasteiger partial charge in [-0.3, -0.25) is 4.79 Å². The zero-order valence-corrected chi connectivity index (χ0v) is 8.26. The van der Waals surface area contributed by atoms with Crippen LogP contribution in [0.2, 0.25) is 0 Å². The summed E-state index contributed by atoms with van der Waals surface area (Å²) in [5, 5.41) is 11.5.